The zero-order chi connectivity index (χ0) is 21.3. The maximum Gasteiger partial charge on any atom is 0.287 e. The number of nitrogens with one attached hydrogen (secondary N) is 1. The SMILES string of the molecule is Cc1nnc(SCc2c(C(=O)NCC3(c4ccccc4)CCC3)oc3ccccc23)s1. The van der Waals surface area contributed by atoms with E-state index in [9.17, 15) is 4.79 Å². The fourth-order valence-electron chi connectivity index (χ4n) is 4.19. The second-order valence-electron chi connectivity index (χ2n) is 7.96. The van der Waals surface area contributed by atoms with E-state index >= 15 is 0 Å². The smallest absolute Gasteiger partial charge is 0.287 e. The summed E-state index contributed by atoms with van der Waals surface area (Å²) in [6, 6.07) is 18.3. The number of aryl methyl sites for hydroxylation is 1. The monoisotopic (exact) mass is 449 g/mol. The van der Waals surface area contributed by atoms with E-state index in [-0.39, 0.29) is 11.3 Å². The number of hydrogen-bond donors (Lipinski definition) is 1. The van der Waals surface area contributed by atoms with Crippen LogP contribution in [0, 0.1) is 6.92 Å². The molecule has 1 aliphatic rings. The Labute approximate surface area is 189 Å². The van der Waals surface area contributed by atoms with Crippen molar-refractivity contribution in [2.45, 2.75) is 41.7 Å². The van der Waals surface area contributed by atoms with Crippen LogP contribution in [-0.4, -0.2) is 22.6 Å². The highest BCUT2D eigenvalue weighted by atomic mass is 32.2. The molecule has 0 saturated heterocycles. The zero-order valence-corrected chi connectivity index (χ0v) is 18.9. The molecule has 2 aromatic carbocycles. The molecule has 4 aromatic rings. The molecule has 0 bridgehead atoms. The lowest BCUT2D eigenvalue weighted by Crippen LogP contribution is -2.45. The molecule has 0 spiro atoms. The van der Waals surface area contributed by atoms with Crippen LogP contribution < -0.4 is 5.32 Å². The van der Waals surface area contributed by atoms with Crippen molar-refractivity contribution in [3.63, 3.8) is 0 Å². The van der Waals surface area contributed by atoms with E-state index in [4.69, 9.17) is 4.42 Å². The quantitative estimate of drug-likeness (QED) is 0.365. The van der Waals surface area contributed by atoms with Gasteiger partial charge in [0.1, 0.15) is 10.6 Å². The Hall–Kier alpha value is -2.64. The fraction of sp³-hybridized carbons (Fsp3) is 0.292. The minimum Gasteiger partial charge on any atom is -0.451 e. The molecule has 0 unspecified atom stereocenters. The molecular weight excluding hydrogens is 426 g/mol. The lowest BCUT2D eigenvalue weighted by molar-refractivity contribution is 0.0901. The summed E-state index contributed by atoms with van der Waals surface area (Å²) in [5.41, 5.74) is 2.97. The lowest BCUT2D eigenvalue weighted by atomic mass is 9.64. The predicted octanol–water partition coefficient (Wildman–Crippen LogP) is 5.74. The van der Waals surface area contributed by atoms with Crippen LogP contribution in [0.25, 0.3) is 11.0 Å². The molecule has 0 radical (unpaired) electrons. The summed E-state index contributed by atoms with van der Waals surface area (Å²) in [5, 5.41) is 13.4. The number of carbonyl (C=O) groups is 1. The lowest BCUT2D eigenvalue weighted by Gasteiger charge is -2.42. The Morgan fingerprint density at radius 2 is 1.90 bits per heavy atom. The van der Waals surface area contributed by atoms with Gasteiger partial charge < -0.3 is 9.73 Å². The van der Waals surface area contributed by atoms with Crippen molar-refractivity contribution in [3.8, 4) is 0 Å². The Kier molecular flexibility index (Phi) is 5.54. The molecule has 1 saturated carbocycles. The first-order valence-corrected chi connectivity index (χ1v) is 12.2. The maximum absolute atomic E-state index is 13.2. The Balaban J connectivity index is 1.38. The van der Waals surface area contributed by atoms with Gasteiger partial charge >= 0.3 is 0 Å². The van der Waals surface area contributed by atoms with Crippen molar-refractivity contribution in [3.05, 3.63) is 76.5 Å². The van der Waals surface area contributed by atoms with Crippen LogP contribution in [0.1, 0.15) is 46.0 Å². The Morgan fingerprint density at radius 1 is 1.13 bits per heavy atom. The number of furan rings is 1. The molecule has 5 nitrogen and oxygen atoms in total. The molecule has 1 amide bonds. The maximum atomic E-state index is 13.2. The predicted molar refractivity (Wildman–Crippen MR) is 125 cm³/mol. The number of aromatic nitrogens is 2. The summed E-state index contributed by atoms with van der Waals surface area (Å²) in [6.07, 6.45) is 3.38. The van der Waals surface area contributed by atoms with Gasteiger partial charge in [0, 0.05) is 28.7 Å². The molecule has 1 aliphatic carbocycles. The number of fused-ring (bicyclic) bond motifs is 1. The van der Waals surface area contributed by atoms with Crippen LogP contribution in [0.4, 0.5) is 0 Å². The summed E-state index contributed by atoms with van der Waals surface area (Å²) >= 11 is 3.15. The average molecular weight is 450 g/mol. The van der Waals surface area contributed by atoms with E-state index in [1.165, 1.54) is 12.0 Å². The zero-order valence-electron chi connectivity index (χ0n) is 17.3. The summed E-state index contributed by atoms with van der Waals surface area (Å²) in [4.78, 5) is 13.2. The summed E-state index contributed by atoms with van der Waals surface area (Å²) in [6.45, 7) is 2.56. The third kappa shape index (κ3) is 4.00. The van der Waals surface area contributed by atoms with E-state index in [0.717, 1.165) is 38.7 Å². The molecule has 0 aliphatic heterocycles. The normalized spacial score (nSPS) is 15.0. The molecule has 5 rings (SSSR count). The van der Waals surface area contributed by atoms with E-state index < -0.39 is 0 Å². The molecule has 1 N–H and O–H groups in total. The molecule has 1 fully saturated rings. The molecular formula is C24H23N3O2S2. The first kappa shape index (κ1) is 20.3. The van der Waals surface area contributed by atoms with Crippen molar-refractivity contribution in [2.75, 3.05) is 6.54 Å². The van der Waals surface area contributed by atoms with Crippen LogP contribution in [0.5, 0.6) is 0 Å². The fourth-order valence-corrected chi connectivity index (χ4v) is 6.03. The van der Waals surface area contributed by atoms with E-state index in [2.05, 4.69) is 39.8 Å². The Bertz CT molecular complexity index is 1210. The third-order valence-electron chi connectivity index (χ3n) is 6.04. The number of carbonyl (C=O) groups excluding carboxylic acids is 1. The van der Waals surface area contributed by atoms with Crippen LogP contribution in [0.15, 0.2) is 63.4 Å². The molecule has 158 valence electrons. The molecule has 2 heterocycles. The minimum atomic E-state index is -0.151. The number of rotatable bonds is 7. The number of benzene rings is 2. The summed E-state index contributed by atoms with van der Waals surface area (Å²) < 4.78 is 6.91. The van der Waals surface area contributed by atoms with Gasteiger partial charge in [0.2, 0.25) is 0 Å². The van der Waals surface area contributed by atoms with Gasteiger partial charge in [-0.1, -0.05) is 78.1 Å². The topological polar surface area (TPSA) is 68.0 Å². The Morgan fingerprint density at radius 3 is 2.61 bits per heavy atom. The highest BCUT2D eigenvalue weighted by Crippen LogP contribution is 2.43. The van der Waals surface area contributed by atoms with E-state index in [1.54, 1.807) is 23.1 Å². The molecule has 0 atom stereocenters. The number of thioether (sulfide) groups is 1. The van der Waals surface area contributed by atoms with Crippen LogP contribution in [0.2, 0.25) is 0 Å². The van der Waals surface area contributed by atoms with Crippen LogP contribution >= 0.6 is 23.1 Å². The van der Waals surface area contributed by atoms with Crippen molar-refractivity contribution in [2.24, 2.45) is 0 Å². The van der Waals surface area contributed by atoms with Crippen LogP contribution in [0.3, 0.4) is 0 Å². The molecule has 2 aromatic heterocycles. The third-order valence-corrected chi connectivity index (χ3v) is 8.03. The summed E-state index contributed by atoms with van der Waals surface area (Å²) in [5.74, 6) is 0.859. The highest BCUT2D eigenvalue weighted by Gasteiger charge is 2.39. The standard InChI is InChI=1S/C24H23N3O2S2/c1-16-26-27-23(31-16)30-14-19-18-10-5-6-11-20(18)29-21(19)22(28)25-15-24(12-7-13-24)17-8-3-2-4-9-17/h2-6,8-11H,7,12-15H2,1H3,(H,25,28). The largest absolute Gasteiger partial charge is 0.451 e. The van der Waals surface area contributed by atoms with Gasteiger partial charge in [-0.2, -0.15) is 0 Å². The van der Waals surface area contributed by atoms with E-state index in [0.29, 0.717) is 18.1 Å². The van der Waals surface area contributed by atoms with Crippen molar-refractivity contribution >= 4 is 40.0 Å². The van der Waals surface area contributed by atoms with Gasteiger partial charge in [0.15, 0.2) is 10.1 Å². The second kappa shape index (κ2) is 8.48. The van der Waals surface area contributed by atoms with E-state index in [1.807, 2.05) is 37.3 Å². The first-order valence-electron chi connectivity index (χ1n) is 10.4. The average Bonchev–Trinajstić information content (AvgIpc) is 3.35. The first-order chi connectivity index (χ1) is 15.1. The highest BCUT2D eigenvalue weighted by molar-refractivity contribution is 8.00. The van der Waals surface area contributed by atoms with Crippen LogP contribution in [-0.2, 0) is 11.2 Å². The van der Waals surface area contributed by atoms with Gasteiger partial charge in [-0.25, -0.2) is 0 Å². The van der Waals surface area contributed by atoms with Gasteiger partial charge in [0.05, 0.1) is 0 Å². The molecule has 7 heteroatoms. The van der Waals surface area contributed by atoms with Crippen molar-refractivity contribution in [1.82, 2.24) is 15.5 Å². The van der Waals surface area contributed by atoms with Crippen molar-refractivity contribution < 1.29 is 9.21 Å². The van der Waals surface area contributed by atoms with Gasteiger partial charge in [0.25, 0.3) is 5.91 Å². The van der Waals surface area contributed by atoms with Gasteiger partial charge in [-0.3, -0.25) is 4.79 Å². The van der Waals surface area contributed by atoms with Crippen molar-refractivity contribution in [1.29, 1.82) is 0 Å². The number of para-hydroxylation sites is 1. The minimum absolute atomic E-state index is 0.0297. The molecule has 31 heavy (non-hydrogen) atoms. The van der Waals surface area contributed by atoms with Gasteiger partial charge in [-0.15, -0.1) is 10.2 Å². The number of hydrogen-bond acceptors (Lipinski definition) is 6. The number of amides is 1. The summed E-state index contributed by atoms with van der Waals surface area (Å²) in [7, 11) is 0. The number of nitrogens with zero attached hydrogens (tertiary/aromatic N) is 2. The second-order valence-corrected chi connectivity index (χ2v) is 10.4. The van der Waals surface area contributed by atoms with Gasteiger partial charge in [-0.05, 0) is 31.4 Å².